The van der Waals surface area contributed by atoms with Crippen molar-refractivity contribution >= 4 is 29.0 Å². The summed E-state index contributed by atoms with van der Waals surface area (Å²) in [6, 6.07) is 24.3. The maximum absolute atomic E-state index is 10.8. The number of nitro groups is 1. The second kappa shape index (κ2) is 7.94. The predicted molar refractivity (Wildman–Crippen MR) is 105 cm³/mol. The number of para-hydroxylation sites is 1. The molecule has 3 aromatic rings. The van der Waals surface area contributed by atoms with E-state index in [1.54, 1.807) is 18.3 Å². The highest BCUT2D eigenvalue weighted by atomic mass is 16.6. The topological polar surface area (TPSA) is 70.8 Å². The molecule has 0 saturated carbocycles. The third-order valence-electron chi connectivity index (χ3n) is 3.89. The number of hydrogen-bond donors (Lipinski definition) is 1. The second-order valence-electron chi connectivity index (χ2n) is 5.66. The summed E-state index contributed by atoms with van der Waals surface area (Å²) in [4.78, 5) is 12.4. The van der Waals surface area contributed by atoms with Crippen molar-refractivity contribution in [3.8, 4) is 0 Å². The van der Waals surface area contributed by atoms with Gasteiger partial charge in [0.15, 0.2) is 0 Å². The highest BCUT2D eigenvalue weighted by Gasteiger charge is 2.05. The number of benzene rings is 3. The first-order valence-corrected chi connectivity index (χ1v) is 8.06. The minimum Gasteiger partial charge on any atom is -0.345 e. The van der Waals surface area contributed by atoms with E-state index in [2.05, 4.69) is 27.6 Å². The van der Waals surface area contributed by atoms with Crippen LogP contribution in [0.5, 0.6) is 0 Å². The van der Waals surface area contributed by atoms with Crippen LogP contribution in [0, 0.1) is 10.1 Å². The summed E-state index contributed by atoms with van der Waals surface area (Å²) >= 11 is 0. The summed E-state index contributed by atoms with van der Waals surface area (Å²) < 4.78 is 0. The van der Waals surface area contributed by atoms with Crippen LogP contribution in [0.2, 0.25) is 0 Å². The molecule has 0 unspecified atom stereocenters. The summed E-state index contributed by atoms with van der Waals surface area (Å²) in [5.41, 5.74) is 6.50. The SMILES string of the molecule is CN(c1ccccc1)c1ccc(/C=N/Nc2cccc([N+](=O)[O-])c2)cc1. The first kappa shape index (κ1) is 17.2. The molecule has 0 amide bonds. The number of rotatable bonds is 6. The Bertz CT molecular complexity index is 909. The molecule has 1 N–H and O–H groups in total. The molecule has 26 heavy (non-hydrogen) atoms. The molecule has 130 valence electrons. The molecule has 0 atom stereocenters. The third kappa shape index (κ3) is 4.24. The Hall–Kier alpha value is -3.67. The maximum Gasteiger partial charge on any atom is 0.271 e. The van der Waals surface area contributed by atoms with Gasteiger partial charge in [0.05, 0.1) is 16.8 Å². The van der Waals surface area contributed by atoms with Crippen LogP contribution in [0.3, 0.4) is 0 Å². The van der Waals surface area contributed by atoms with E-state index in [4.69, 9.17) is 0 Å². The van der Waals surface area contributed by atoms with Crippen molar-refractivity contribution in [2.45, 2.75) is 0 Å². The minimum atomic E-state index is -0.434. The zero-order valence-corrected chi connectivity index (χ0v) is 14.2. The van der Waals surface area contributed by atoms with Crippen LogP contribution in [0.15, 0.2) is 84.0 Å². The Morgan fingerprint density at radius 1 is 0.962 bits per heavy atom. The first-order valence-electron chi connectivity index (χ1n) is 8.06. The van der Waals surface area contributed by atoms with Gasteiger partial charge in [-0.1, -0.05) is 36.4 Å². The number of non-ortho nitro benzene ring substituents is 1. The van der Waals surface area contributed by atoms with Gasteiger partial charge in [0.25, 0.3) is 5.69 Å². The zero-order valence-electron chi connectivity index (χ0n) is 14.2. The lowest BCUT2D eigenvalue weighted by atomic mass is 10.2. The first-order chi connectivity index (χ1) is 12.6. The molecule has 3 aromatic carbocycles. The molecule has 0 saturated heterocycles. The van der Waals surface area contributed by atoms with E-state index in [9.17, 15) is 10.1 Å². The van der Waals surface area contributed by atoms with Crippen LogP contribution in [-0.4, -0.2) is 18.2 Å². The van der Waals surface area contributed by atoms with Gasteiger partial charge in [-0.05, 0) is 35.9 Å². The van der Waals surface area contributed by atoms with E-state index >= 15 is 0 Å². The molecule has 3 rings (SSSR count). The van der Waals surface area contributed by atoms with Crippen LogP contribution in [-0.2, 0) is 0 Å². The van der Waals surface area contributed by atoms with Gasteiger partial charge >= 0.3 is 0 Å². The van der Waals surface area contributed by atoms with E-state index in [1.807, 2.05) is 49.5 Å². The van der Waals surface area contributed by atoms with Crippen molar-refractivity contribution < 1.29 is 4.92 Å². The molecule has 0 aliphatic rings. The second-order valence-corrected chi connectivity index (χ2v) is 5.66. The van der Waals surface area contributed by atoms with E-state index in [1.165, 1.54) is 12.1 Å². The number of hydrogen-bond acceptors (Lipinski definition) is 5. The molecular formula is C20H18N4O2. The summed E-state index contributed by atoms with van der Waals surface area (Å²) in [6.07, 6.45) is 1.67. The Balaban J connectivity index is 1.65. The van der Waals surface area contributed by atoms with Crippen LogP contribution in [0.25, 0.3) is 0 Å². The van der Waals surface area contributed by atoms with Gasteiger partial charge in [0.2, 0.25) is 0 Å². The van der Waals surface area contributed by atoms with Crippen molar-refractivity contribution in [1.29, 1.82) is 0 Å². The van der Waals surface area contributed by atoms with Crippen LogP contribution in [0.4, 0.5) is 22.7 Å². The van der Waals surface area contributed by atoms with Gasteiger partial charge < -0.3 is 4.90 Å². The smallest absolute Gasteiger partial charge is 0.271 e. The van der Waals surface area contributed by atoms with E-state index in [-0.39, 0.29) is 5.69 Å². The molecule has 0 fully saturated rings. The fourth-order valence-corrected chi connectivity index (χ4v) is 2.46. The molecular weight excluding hydrogens is 328 g/mol. The van der Waals surface area contributed by atoms with Crippen LogP contribution >= 0.6 is 0 Å². The van der Waals surface area contributed by atoms with Crippen molar-refractivity contribution in [2.75, 3.05) is 17.4 Å². The average molecular weight is 346 g/mol. The van der Waals surface area contributed by atoms with E-state index in [0.717, 1.165) is 16.9 Å². The number of hydrazone groups is 1. The molecule has 0 bridgehead atoms. The van der Waals surface area contributed by atoms with E-state index in [0.29, 0.717) is 5.69 Å². The number of nitrogens with zero attached hydrogens (tertiary/aromatic N) is 3. The van der Waals surface area contributed by atoms with Gasteiger partial charge in [-0.2, -0.15) is 5.10 Å². The lowest BCUT2D eigenvalue weighted by molar-refractivity contribution is -0.384. The van der Waals surface area contributed by atoms with Crippen LogP contribution in [0.1, 0.15) is 5.56 Å². The number of nitrogens with one attached hydrogen (secondary N) is 1. The Morgan fingerprint density at radius 2 is 1.65 bits per heavy atom. The highest BCUT2D eigenvalue weighted by molar-refractivity contribution is 5.81. The zero-order chi connectivity index (χ0) is 18.4. The normalized spacial score (nSPS) is 10.7. The largest absolute Gasteiger partial charge is 0.345 e. The lowest BCUT2D eigenvalue weighted by Gasteiger charge is -2.19. The molecule has 0 spiro atoms. The molecule has 0 radical (unpaired) electrons. The fraction of sp³-hybridized carbons (Fsp3) is 0.0500. The molecule has 6 heteroatoms. The summed E-state index contributed by atoms with van der Waals surface area (Å²) in [5.74, 6) is 0. The molecule has 0 aromatic heterocycles. The quantitative estimate of drug-likeness (QED) is 0.395. The average Bonchev–Trinajstić information content (AvgIpc) is 2.69. The summed E-state index contributed by atoms with van der Waals surface area (Å²) in [7, 11) is 2.02. The monoisotopic (exact) mass is 346 g/mol. The molecule has 0 aliphatic heterocycles. The highest BCUT2D eigenvalue weighted by Crippen LogP contribution is 2.23. The van der Waals surface area contributed by atoms with Crippen molar-refractivity contribution in [3.05, 3.63) is 94.5 Å². The van der Waals surface area contributed by atoms with Gasteiger partial charge in [-0.25, -0.2) is 0 Å². The molecule has 0 heterocycles. The van der Waals surface area contributed by atoms with Crippen LogP contribution < -0.4 is 10.3 Å². The standard InChI is InChI=1S/C20H18N4O2/c1-23(18-7-3-2-4-8-18)19-12-10-16(11-13-19)15-21-22-17-6-5-9-20(14-17)24(25)26/h2-15,22H,1H3/b21-15+. The summed E-state index contributed by atoms with van der Waals surface area (Å²) in [5, 5.41) is 14.9. The molecule has 0 aliphatic carbocycles. The van der Waals surface area contributed by atoms with Gasteiger partial charge in [-0.3, -0.25) is 15.5 Å². The lowest BCUT2D eigenvalue weighted by Crippen LogP contribution is -2.08. The summed E-state index contributed by atoms with van der Waals surface area (Å²) in [6.45, 7) is 0. The third-order valence-corrected chi connectivity index (χ3v) is 3.89. The predicted octanol–water partition coefficient (Wildman–Crippen LogP) is 4.81. The Labute approximate surface area is 151 Å². The van der Waals surface area contributed by atoms with Crippen molar-refractivity contribution in [3.63, 3.8) is 0 Å². The molecule has 6 nitrogen and oxygen atoms in total. The van der Waals surface area contributed by atoms with Gasteiger partial charge in [0.1, 0.15) is 0 Å². The number of anilines is 3. The fourth-order valence-electron chi connectivity index (χ4n) is 2.46. The van der Waals surface area contributed by atoms with Crippen molar-refractivity contribution in [2.24, 2.45) is 5.10 Å². The Morgan fingerprint density at radius 3 is 2.35 bits per heavy atom. The van der Waals surface area contributed by atoms with Crippen molar-refractivity contribution in [1.82, 2.24) is 0 Å². The Kier molecular flexibility index (Phi) is 5.24. The maximum atomic E-state index is 10.8. The number of nitro benzene ring substituents is 1. The minimum absolute atomic E-state index is 0.0264. The van der Waals surface area contributed by atoms with Gasteiger partial charge in [0, 0.05) is 30.6 Å². The van der Waals surface area contributed by atoms with E-state index < -0.39 is 4.92 Å². The van der Waals surface area contributed by atoms with Gasteiger partial charge in [-0.15, -0.1) is 0 Å².